The summed E-state index contributed by atoms with van der Waals surface area (Å²) in [4.78, 5) is 16.1. The van der Waals surface area contributed by atoms with Gasteiger partial charge in [-0.05, 0) is 25.0 Å². The Balaban J connectivity index is 1.84. The van der Waals surface area contributed by atoms with Gasteiger partial charge in [-0.1, -0.05) is 18.2 Å². The van der Waals surface area contributed by atoms with Gasteiger partial charge in [-0.25, -0.2) is 0 Å². The zero-order valence-corrected chi connectivity index (χ0v) is 14.9. The lowest BCUT2D eigenvalue weighted by Crippen LogP contribution is -2.58. The van der Waals surface area contributed by atoms with Gasteiger partial charge >= 0.3 is 0 Å². The van der Waals surface area contributed by atoms with Crippen LogP contribution < -0.4 is 16.4 Å². The molecule has 8 N–H and O–H groups in total. The van der Waals surface area contributed by atoms with E-state index >= 15 is 0 Å². The maximum absolute atomic E-state index is 11.8. The van der Waals surface area contributed by atoms with E-state index in [-0.39, 0.29) is 5.56 Å². The fraction of sp³-hybridized carbons (Fsp3) is 0.368. The number of nitrogens with zero attached hydrogens (tertiary/aromatic N) is 1. The van der Waals surface area contributed by atoms with Crippen LogP contribution in [0.1, 0.15) is 40.6 Å². The summed E-state index contributed by atoms with van der Waals surface area (Å²) in [6.45, 7) is 0. The summed E-state index contributed by atoms with van der Waals surface area (Å²) in [6.07, 6.45) is -1.12. The number of primary amides is 1. The molecule has 2 aliphatic heterocycles. The van der Waals surface area contributed by atoms with Gasteiger partial charge in [0.25, 0.3) is 5.91 Å². The topological polar surface area (TPSA) is 161 Å². The number of benzene rings is 1. The van der Waals surface area contributed by atoms with Gasteiger partial charge in [-0.15, -0.1) is 0 Å². The van der Waals surface area contributed by atoms with Gasteiger partial charge in [-0.2, -0.15) is 0 Å². The van der Waals surface area contributed by atoms with E-state index < -0.39 is 36.2 Å². The molecule has 0 radical (unpaired) electrons. The number of rotatable bonds is 3. The molecule has 3 heterocycles. The van der Waals surface area contributed by atoms with Crippen molar-refractivity contribution in [2.45, 2.75) is 37.3 Å². The zero-order valence-electron chi connectivity index (χ0n) is 14.9. The summed E-state index contributed by atoms with van der Waals surface area (Å²) in [7, 11) is 0. The van der Waals surface area contributed by atoms with Gasteiger partial charge in [0.05, 0.1) is 11.3 Å². The van der Waals surface area contributed by atoms with E-state index in [0.29, 0.717) is 35.2 Å². The highest BCUT2D eigenvalue weighted by Crippen LogP contribution is 2.46. The van der Waals surface area contributed by atoms with Crippen molar-refractivity contribution in [3.8, 4) is 11.3 Å². The van der Waals surface area contributed by atoms with Crippen LogP contribution in [-0.4, -0.2) is 43.8 Å². The highest BCUT2D eigenvalue weighted by atomic mass is 16.3. The third-order valence-electron chi connectivity index (χ3n) is 5.51. The largest absolute Gasteiger partial charge is 0.379 e. The first-order chi connectivity index (χ1) is 13.3. The van der Waals surface area contributed by atoms with Crippen molar-refractivity contribution in [3.05, 3.63) is 53.2 Å². The summed E-state index contributed by atoms with van der Waals surface area (Å²) >= 11 is 0. The monoisotopic (exact) mass is 386 g/mol. The fourth-order valence-corrected chi connectivity index (χ4v) is 4.21. The van der Waals surface area contributed by atoms with E-state index in [1.165, 1.54) is 6.20 Å². The van der Waals surface area contributed by atoms with Gasteiger partial charge in [0.2, 0.25) is 0 Å². The van der Waals surface area contributed by atoms with Crippen LogP contribution in [0, 0.1) is 5.92 Å². The number of nitrogens with one attached hydrogen (secondary N) is 2. The minimum atomic E-state index is -1.74. The molecule has 1 aromatic carbocycles. The van der Waals surface area contributed by atoms with E-state index in [1.54, 1.807) is 30.3 Å². The first-order valence-corrected chi connectivity index (χ1v) is 9.02. The SMILES string of the molecule is NC(=O)c1cccnc1-c1cccc2c1C(O)NC2(O)C1CCC(O)NC1O. The summed E-state index contributed by atoms with van der Waals surface area (Å²) in [5.74, 6) is -1.38. The molecule has 1 saturated heterocycles. The van der Waals surface area contributed by atoms with Gasteiger partial charge in [0, 0.05) is 28.8 Å². The highest BCUT2D eigenvalue weighted by molar-refractivity contribution is 5.99. The second kappa shape index (κ2) is 6.89. The standard InChI is InChI=1S/C19H22N4O5/c20-16(25)10-4-2-8-21-15(10)9-3-1-5-11-14(9)18(27)23-19(11,28)12-6-7-13(24)22-17(12)26/h1-5,8,12-13,17-18,22-24,26-28H,6-7H2,(H2,20,25). The Kier molecular flexibility index (Phi) is 4.66. The number of aromatic nitrogens is 1. The first kappa shape index (κ1) is 18.9. The second-order valence-electron chi connectivity index (χ2n) is 7.16. The van der Waals surface area contributed by atoms with Crippen molar-refractivity contribution in [2.24, 2.45) is 11.7 Å². The van der Waals surface area contributed by atoms with E-state index in [9.17, 15) is 25.2 Å². The van der Waals surface area contributed by atoms with Crippen LogP contribution in [0.3, 0.4) is 0 Å². The quantitative estimate of drug-likeness (QED) is 0.362. The highest BCUT2D eigenvalue weighted by Gasteiger charge is 2.51. The molecule has 1 aromatic heterocycles. The van der Waals surface area contributed by atoms with Gasteiger partial charge < -0.3 is 26.2 Å². The molecule has 0 aliphatic carbocycles. The maximum atomic E-state index is 11.8. The van der Waals surface area contributed by atoms with E-state index in [1.807, 2.05) is 0 Å². The van der Waals surface area contributed by atoms with Crippen LogP contribution >= 0.6 is 0 Å². The van der Waals surface area contributed by atoms with Crippen LogP contribution in [0.25, 0.3) is 11.3 Å². The van der Waals surface area contributed by atoms with Crippen molar-refractivity contribution >= 4 is 5.91 Å². The van der Waals surface area contributed by atoms with Crippen LogP contribution in [0.2, 0.25) is 0 Å². The Hall–Kier alpha value is -2.40. The fourth-order valence-electron chi connectivity index (χ4n) is 4.21. The number of pyridine rings is 1. The number of carbonyl (C=O) groups excluding carboxylic acids is 1. The molecule has 0 saturated carbocycles. The molecule has 2 aromatic rings. The number of hydrogen-bond donors (Lipinski definition) is 7. The molecule has 2 aliphatic rings. The van der Waals surface area contributed by atoms with E-state index in [4.69, 9.17) is 5.73 Å². The molecule has 0 spiro atoms. The summed E-state index contributed by atoms with van der Waals surface area (Å²) in [5.41, 5.74) is 5.42. The Morgan fingerprint density at radius 3 is 2.68 bits per heavy atom. The molecule has 28 heavy (non-hydrogen) atoms. The Labute approximate surface area is 160 Å². The summed E-state index contributed by atoms with van der Waals surface area (Å²) in [6, 6.07) is 8.14. The molecule has 1 amide bonds. The number of nitrogens with two attached hydrogens (primary N) is 1. The van der Waals surface area contributed by atoms with E-state index in [0.717, 1.165) is 0 Å². The Bertz CT molecular complexity index is 923. The van der Waals surface area contributed by atoms with Gasteiger partial charge in [0.1, 0.15) is 18.7 Å². The van der Waals surface area contributed by atoms with Crippen LogP contribution in [0.5, 0.6) is 0 Å². The normalized spacial score (nSPS) is 32.1. The molecule has 9 nitrogen and oxygen atoms in total. The minimum Gasteiger partial charge on any atom is -0.379 e. The first-order valence-electron chi connectivity index (χ1n) is 9.02. The van der Waals surface area contributed by atoms with Crippen molar-refractivity contribution in [1.82, 2.24) is 15.6 Å². The third kappa shape index (κ3) is 2.89. The van der Waals surface area contributed by atoms with Gasteiger partial charge in [0.15, 0.2) is 5.72 Å². The van der Waals surface area contributed by atoms with Crippen LogP contribution in [0.15, 0.2) is 36.5 Å². The number of hydrogen-bond acceptors (Lipinski definition) is 8. The van der Waals surface area contributed by atoms with E-state index in [2.05, 4.69) is 15.6 Å². The predicted molar refractivity (Wildman–Crippen MR) is 98.1 cm³/mol. The van der Waals surface area contributed by atoms with Crippen LogP contribution in [0.4, 0.5) is 0 Å². The van der Waals surface area contributed by atoms with Crippen molar-refractivity contribution < 1.29 is 25.2 Å². The predicted octanol–water partition coefficient (Wildman–Crippen LogP) is -0.777. The second-order valence-corrected chi connectivity index (χ2v) is 7.16. The van der Waals surface area contributed by atoms with Crippen molar-refractivity contribution in [3.63, 3.8) is 0 Å². The molecule has 9 heteroatoms. The zero-order chi connectivity index (χ0) is 20.1. The lowest BCUT2D eigenvalue weighted by atomic mass is 9.81. The molecule has 1 fully saturated rings. The number of aliphatic hydroxyl groups excluding tert-OH is 3. The molecule has 148 valence electrons. The number of carbonyl (C=O) groups is 1. The number of piperidine rings is 1. The smallest absolute Gasteiger partial charge is 0.250 e. The summed E-state index contributed by atoms with van der Waals surface area (Å²) < 4.78 is 0. The lowest BCUT2D eigenvalue weighted by Gasteiger charge is -2.41. The van der Waals surface area contributed by atoms with Crippen molar-refractivity contribution in [2.75, 3.05) is 0 Å². The number of fused-ring (bicyclic) bond motifs is 1. The average molecular weight is 386 g/mol. The molecule has 0 bridgehead atoms. The molecule has 4 rings (SSSR count). The van der Waals surface area contributed by atoms with Gasteiger partial charge in [-0.3, -0.25) is 20.4 Å². The summed E-state index contributed by atoms with van der Waals surface area (Å²) in [5, 5.41) is 47.5. The maximum Gasteiger partial charge on any atom is 0.250 e. The molecule has 5 atom stereocenters. The third-order valence-corrected chi connectivity index (χ3v) is 5.51. The average Bonchev–Trinajstić information content (AvgIpc) is 2.93. The Morgan fingerprint density at radius 1 is 1.18 bits per heavy atom. The minimum absolute atomic E-state index is 0.195. The van der Waals surface area contributed by atoms with Crippen molar-refractivity contribution in [1.29, 1.82) is 0 Å². The number of amides is 1. The molecular formula is C19H22N4O5. The molecular weight excluding hydrogens is 364 g/mol. The van der Waals surface area contributed by atoms with Crippen LogP contribution in [-0.2, 0) is 5.72 Å². The molecule has 5 unspecified atom stereocenters. The number of aliphatic hydroxyl groups is 4. The lowest BCUT2D eigenvalue weighted by molar-refractivity contribution is -0.151. The Morgan fingerprint density at radius 2 is 1.96 bits per heavy atom.